The van der Waals surface area contributed by atoms with Crippen LogP contribution in [0.15, 0.2) is 48.5 Å². The molecule has 0 bridgehead atoms. The van der Waals surface area contributed by atoms with Crippen molar-refractivity contribution < 1.29 is 19.1 Å². The molecule has 3 amide bonds. The standard InChI is InChI=1S/C31H39N3O4/c1-8-22-13-15-23(16-14-22)27(28(35)32-25-12-10-9-11-21(25)4)34(24-17-18-24)29(36)26(19-20(2)3)33-30(37)38-31(5,6)7/h1,9-16,20,24,26-27H,17-19H2,2-7H3,(H,32,35)(H,33,37). The third-order valence-corrected chi connectivity index (χ3v) is 6.21. The molecule has 202 valence electrons. The van der Waals surface area contributed by atoms with Crippen molar-refractivity contribution in [2.75, 3.05) is 5.32 Å². The minimum atomic E-state index is -0.906. The minimum absolute atomic E-state index is 0.113. The summed E-state index contributed by atoms with van der Waals surface area (Å²) in [4.78, 5) is 42.4. The Morgan fingerprint density at radius 1 is 1.08 bits per heavy atom. The molecule has 1 aliphatic rings. The van der Waals surface area contributed by atoms with Gasteiger partial charge in [0.15, 0.2) is 0 Å². The first kappa shape index (κ1) is 28.8. The van der Waals surface area contributed by atoms with E-state index in [-0.39, 0.29) is 23.8 Å². The van der Waals surface area contributed by atoms with Crippen LogP contribution in [0.5, 0.6) is 0 Å². The first-order chi connectivity index (χ1) is 17.9. The van der Waals surface area contributed by atoms with E-state index in [9.17, 15) is 14.4 Å². The molecule has 38 heavy (non-hydrogen) atoms. The van der Waals surface area contributed by atoms with Crippen molar-refractivity contribution >= 4 is 23.6 Å². The summed E-state index contributed by atoms with van der Waals surface area (Å²) in [6, 6.07) is 12.8. The van der Waals surface area contributed by atoms with Gasteiger partial charge in [0.2, 0.25) is 5.91 Å². The average Bonchev–Trinajstić information content (AvgIpc) is 3.67. The predicted octanol–water partition coefficient (Wildman–Crippen LogP) is 5.59. The lowest BCUT2D eigenvalue weighted by atomic mass is 9.98. The molecule has 7 heteroatoms. The van der Waals surface area contributed by atoms with E-state index >= 15 is 0 Å². The maximum atomic E-state index is 14.2. The van der Waals surface area contributed by atoms with Crippen LogP contribution < -0.4 is 10.6 Å². The Balaban J connectivity index is 2.00. The maximum absolute atomic E-state index is 14.2. The van der Waals surface area contributed by atoms with Gasteiger partial charge in [-0.15, -0.1) is 6.42 Å². The fourth-order valence-corrected chi connectivity index (χ4v) is 4.31. The van der Waals surface area contributed by atoms with Crippen LogP contribution in [0.3, 0.4) is 0 Å². The van der Waals surface area contributed by atoms with Crippen LogP contribution >= 0.6 is 0 Å². The second kappa shape index (κ2) is 12.2. The molecule has 0 spiro atoms. The Hall–Kier alpha value is -3.79. The number of rotatable bonds is 9. The normalized spacial score (nSPS) is 14.7. The Labute approximate surface area is 226 Å². The van der Waals surface area contributed by atoms with Crippen molar-refractivity contribution in [3.05, 3.63) is 65.2 Å². The summed E-state index contributed by atoms with van der Waals surface area (Å²) in [6.07, 6.45) is 6.86. The number of carbonyl (C=O) groups excluding carboxylic acids is 3. The van der Waals surface area contributed by atoms with Crippen LogP contribution in [0, 0.1) is 25.2 Å². The number of ether oxygens (including phenoxy) is 1. The van der Waals surface area contributed by atoms with Gasteiger partial charge in [0, 0.05) is 17.3 Å². The number of hydrogen-bond donors (Lipinski definition) is 2. The molecule has 2 N–H and O–H groups in total. The van der Waals surface area contributed by atoms with Gasteiger partial charge in [0.1, 0.15) is 17.7 Å². The van der Waals surface area contributed by atoms with Gasteiger partial charge in [-0.1, -0.05) is 50.1 Å². The van der Waals surface area contributed by atoms with Gasteiger partial charge in [-0.25, -0.2) is 4.79 Å². The Morgan fingerprint density at radius 3 is 2.24 bits per heavy atom. The zero-order valence-corrected chi connectivity index (χ0v) is 23.2. The molecule has 2 aromatic carbocycles. The Bertz CT molecular complexity index is 1190. The van der Waals surface area contributed by atoms with Crippen LogP contribution in [0.4, 0.5) is 10.5 Å². The maximum Gasteiger partial charge on any atom is 0.408 e. The number of anilines is 1. The van der Waals surface area contributed by atoms with Crippen molar-refractivity contribution in [3.63, 3.8) is 0 Å². The van der Waals surface area contributed by atoms with E-state index in [4.69, 9.17) is 11.2 Å². The van der Waals surface area contributed by atoms with Gasteiger partial charge in [-0.2, -0.15) is 0 Å². The fraction of sp³-hybridized carbons (Fsp3) is 0.452. The number of nitrogens with zero attached hydrogens (tertiary/aromatic N) is 1. The smallest absolute Gasteiger partial charge is 0.408 e. The van der Waals surface area contributed by atoms with E-state index in [1.54, 1.807) is 49.9 Å². The lowest BCUT2D eigenvalue weighted by molar-refractivity contribution is -0.141. The monoisotopic (exact) mass is 517 g/mol. The average molecular weight is 518 g/mol. The minimum Gasteiger partial charge on any atom is -0.444 e. The molecular formula is C31H39N3O4. The SMILES string of the molecule is C#Cc1ccc(C(C(=O)Nc2ccccc2C)N(C(=O)C(CC(C)C)NC(=O)OC(C)(C)C)C2CC2)cc1. The number of aryl methyl sites for hydroxylation is 1. The van der Waals surface area contributed by atoms with E-state index < -0.39 is 23.8 Å². The number of benzene rings is 2. The van der Waals surface area contributed by atoms with Gasteiger partial charge in [-0.3, -0.25) is 9.59 Å². The zero-order chi connectivity index (χ0) is 28.0. The van der Waals surface area contributed by atoms with Gasteiger partial charge >= 0.3 is 6.09 Å². The van der Waals surface area contributed by atoms with Gasteiger partial charge in [0.05, 0.1) is 0 Å². The summed E-state index contributed by atoms with van der Waals surface area (Å²) in [6.45, 7) is 11.2. The molecule has 2 atom stereocenters. The third-order valence-electron chi connectivity index (χ3n) is 6.21. The molecule has 0 aliphatic heterocycles. The summed E-state index contributed by atoms with van der Waals surface area (Å²) >= 11 is 0. The van der Waals surface area contributed by atoms with Crippen LogP contribution in [-0.2, 0) is 14.3 Å². The van der Waals surface area contributed by atoms with Gasteiger partial charge < -0.3 is 20.3 Å². The summed E-state index contributed by atoms with van der Waals surface area (Å²) in [5, 5.41) is 5.80. The molecule has 0 saturated heterocycles. The largest absolute Gasteiger partial charge is 0.444 e. The lowest BCUT2D eigenvalue weighted by Gasteiger charge is -2.35. The first-order valence-electron chi connectivity index (χ1n) is 13.1. The van der Waals surface area contributed by atoms with Gasteiger partial charge in [-0.05, 0) is 82.2 Å². The topological polar surface area (TPSA) is 87.7 Å². The second-order valence-electron chi connectivity index (χ2n) is 11.3. The molecule has 1 saturated carbocycles. The van der Waals surface area contributed by atoms with E-state index in [0.29, 0.717) is 23.2 Å². The predicted molar refractivity (Wildman–Crippen MR) is 149 cm³/mol. The summed E-state index contributed by atoms with van der Waals surface area (Å²) in [5.74, 6) is 2.08. The highest BCUT2D eigenvalue weighted by atomic mass is 16.6. The molecule has 0 heterocycles. The second-order valence-corrected chi connectivity index (χ2v) is 11.3. The van der Waals surface area contributed by atoms with E-state index in [2.05, 4.69) is 16.6 Å². The number of terminal acetylenes is 1. The lowest BCUT2D eigenvalue weighted by Crippen LogP contribution is -2.53. The number of nitrogens with one attached hydrogen (secondary N) is 2. The fourth-order valence-electron chi connectivity index (χ4n) is 4.31. The van der Waals surface area contributed by atoms with E-state index in [0.717, 1.165) is 18.4 Å². The van der Waals surface area contributed by atoms with E-state index in [1.165, 1.54) is 0 Å². The summed E-state index contributed by atoms with van der Waals surface area (Å²) < 4.78 is 5.45. The highest BCUT2D eigenvalue weighted by molar-refractivity contribution is 5.99. The molecule has 1 fully saturated rings. The number of para-hydroxylation sites is 1. The molecule has 2 aromatic rings. The zero-order valence-electron chi connectivity index (χ0n) is 23.2. The quantitative estimate of drug-likeness (QED) is 0.425. The molecule has 1 aliphatic carbocycles. The Morgan fingerprint density at radius 2 is 1.71 bits per heavy atom. The molecule has 0 aromatic heterocycles. The Kier molecular flexibility index (Phi) is 9.22. The van der Waals surface area contributed by atoms with Crippen LogP contribution in [0.1, 0.15) is 76.6 Å². The molecule has 2 unspecified atom stereocenters. The van der Waals surface area contributed by atoms with Crippen molar-refractivity contribution in [1.82, 2.24) is 10.2 Å². The number of alkyl carbamates (subject to hydrolysis) is 1. The summed E-state index contributed by atoms with van der Waals surface area (Å²) in [7, 11) is 0. The number of carbonyl (C=O) groups is 3. The molecule has 7 nitrogen and oxygen atoms in total. The van der Waals surface area contributed by atoms with Gasteiger partial charge in [0.25, 0.3) is 5.91 Å². The number of hydrogen-bond acceptors (Lipinski definition) is 4. The van der Waals surface area contributed by atoms with Crippen LogP contribution in [0.25, 0.3) is 0 Å². The van der Waals surface area contributed by atoms with Crippen molar-refractivity contribution in [2.24, 2.45) is 5.92 Å². The molecule has 0 radical (unpaired) electrons. The van der Waals surface area contributed by atoms with Crippen LogP contribution in [-0.4, -0.2) is 40.5 Å². The summed E-state index contributed by atoms with van der Waals surface area (Å²) in [5.41, 5.74) is 2.21. The highest BCUT2D eigenvalue weighted by Crippen LogP contribution is 2.37. The third kappa shape index (κ3) is 7.85. The van der Waals surface area contributed by atoms with E-state index in [1.807, 2.05) is 45.0 Å². The number of amides is 3. The van der Waals surface area contributed by atoms with Crippen molar-refractivity contribution in [3.8, 4) is 12.3 Å². The van der Waals surface area contributed by atoms with Crippen molar-refractivity contribution in [1.29, 1.82) is 0 Å². The molecular weight excluding hydrogens is 478 g/mol. The van der Waals surface area contributed by atoms with Crippen molar-refractivity contribution in [2.45, 2.75) is 84.5 Å². The molecule has 3 rings (SSSR count). The first-order valence-corrected chi connectivity index (χ1v) is 13.1. The van der Waals surface area contributed by atoms with Crippen LogP contribution in [0.2, 0.25) is 0 Å². The highest BCUT2D eigenvalue weighted by Gasteiger charge is 2.44.